The summed E-state index contributed by atoms with van der Waals surface area (Å²) in [6.07, 6.45) is 0. The van der Waals surface area contributed by atoms with Crippen LogP contribution >= 0.6 is 23.4 Å². The van der Waals surface area contributed by atoms with Gasteiger partial charge in [0.25, 0.3) is 0 Å². The lowest BCUT2D eigenvalue weighted by atomic mass is 10.2. The summed E-state index contributed by atoms with van der Waals surface area (Å²) in [4.78, 5) is 13.2. The van der Waals surface area contributed by atoms with Crippen molar-refractivity contribution in [2.45, 2.75) is 35.1 Å². The normalized spacial score (nSPS) is 11.7. The zero-order valence-corrected chi connectivity index (χ0v) is 18.5. The Hall–Kier alpha value is -2.16. The van der Waals surface area contributed by atoms with Crippen LogP contribution in [0.5, 0.6) is 5.75 Å². The van der Waals surface area contributed by atoms with Crippen molar-refractivity contribution in [3.63, 3.8) is 0 Å². The van der Waals surface area contributed by atoms with Crippen LogP contribution in [0.25, 0.3) is 10.9 Å². The quantitative estimate of drug-likeness (QED) is 0.560. The van der Waals surface area contributed by atoms with Gasteiger partial charge in [-0.25, -0.2) is 8.42 Å². The van der Waals surface area contributed by atoms with Gasteiger partial charge < -0.3 is 14.4 Å². The van der Waals surface area contributed by atoms with Crippen molar-refractivity contribution in [3.05, 3.63) is 47.1 Å². The summed E-state index contributed by atoms with van der Waals surface area (Å²) in [5.41, 5.74) is 1.11. The minimum absolute atomic E-state index is 0.0668. The van der Waals surface area contributed by atoms with Crippen LogP contribution in [0.1, 0.15) is 12.6 Å². The predicted molar refractivity (Wildman–Crippen MR) is 114 cm³/mol. The van der Waals surface area contributed by atoms with Crippen LogP contribution in [-0.4, -0.2) is 36.9 Å². The van der Waals surface area contributed by atoms with Gasteiger partial charge in [-0.05, 0) is 43.3 Å². The maximum Gasteiger partial charge on any atom is 0.323 e. The first-order valence-corrected chi connectivity index (χ1v) is 11.6. The van der Waals surface area contributed by atoms with Crippen LogP contribution in [0.4, 0.5) is 0 Å². The number of carboxylic acids is 1. The van der Waals surface area contributed by atoms with E-state index in [1.165, 1.54) is 24.9 Å². The molecule has 29 heavy (non-hydrogen) atoms. The lowest BCUT2D eigenvalue weighted by molar-refractivity contribution is -0.137. The summed E-state index contributed by atoms with van der Waals surface area (Å²) in [5.74, 6) is -0.677. The van der Waals surface area contributed by atoms with Crippen molar-refractivity contribution in [2.24, 2.45) is 0 Å². The molecule has 0 aliphatic carbocycles. The Labute approximate surface area is 178 Å². The highest BCUT2D eigenvalue weighted by Gasteiger charge is 2.27. The number of hydrogen-bond acceptors (Lipinski definition) is 5. The number of nitrogens with zero attached hydrogens (tertiary/aromatic N) is 1. The molecule has 1 aromatic heterocycles. The fourth-order valence-corrected chi connectivity index (χ4v) is 5.53. The zero-order chi connectivity index (χ0) is 21.3. The first-order chi connectivity index (χ1) is 13.7. The van der Waals surface area contributed by atoms with Gasteiger partial charge >= 0.3 is 5.97 Å². The lowest BCUT2D eigenvalue weighted by Gasteiger charge is -2.11. The second-order valence-corrected chi connectivity index (χ2v) is 10.1. The maximum atomic E-state index is 12.8. The fourth-order valence-electron chi connectivity index (χ4n) is 3.17. The molecule has 3 rings (SSSR count). The zero-order valence-electron chi connectivity index (χ0n) is 16.1. The molecule has 0 fully saturated rings. The Bertz CT molecular complexity index is 1180. The molecule has 1 N–H and O–H groups in total. The molecule has 0 spiro atoms. The highest BCUT2D eigenvalue weighted by atomic mass is 35.5. The first-order valence-electron chi connectivity index (χ1n) is 8.77. The molecular formula is C20H20ClNO5S2. The number of benzene rings is 2. The largest absolute Gasteiger partial charge is 0.495 e. The number of rotatable bonds is 7. The van der Waals surface area contributed by atoms with Gasteiger partial charge in [0.15, 0.2) is 9.84 Å². The van der Waals surface area contributed by atoms with E-state index in [2.05, 4.69) is 0 Å². The van der Waals surface area contributed by atoms with E-state index in [1.807, 2.05) is 12.1 Å². The van der Waals surface area contributed by atoms with E-state index >= 15 is 0 Å². The molecule has 0 aliphatic rings. The summed E-state index contributed by atoms with van der Waals surface area (Å²) in [6.45, 7) is 3.05. The molecule has 0 radical (unpaired) electrons. The summed E-state index contributed by atoms with van der Waals surface area (Å²) in [5, 5.41) is 10.5. The minimum atomic E-state index is -3.55. The summed E-state index contributed by atoms with van der Waals surface area (Å²) in [6, 6.07) is 10.3. The third-order valence-corrected chi connectivity index (χ3v) is 7.83. The lowest BCUT2D eigenvalue weighted by Crippen LogP contribution is -2.11. The van der Waals surface area contributed by atoms with Crippen LogP contribution in [0, 0.1) is 6.92 Å². The third-order valence-electron chi connectivity index (χ3n) is 4.60. The van der Waals surface area contributed by atoms with E-state index in [1.54, 1.807) is 36.6 Å². The van der Waals surface area contributed by atoms with Crippen molar-refractivity contribution in [2.75, 3.05) is 12.9 Å². The molecule has 3 aromatic rings. The average molecular weight is 454 g/mol. The van der Waals surface area contributed by atoms with Crippen molar-refractivity contribution < 1.29 is 23.1 Å². The van der Waals surface area contributed by atoms with Crippen LogP contribution < -0.4 is 4.74 Å². The number of aromatic nitrogens is 1. The number of carboxylic acid groups (broad SMARTS) is 1. The highest BCUT2D eigenvalue weighted by Crippen LogP contribution is 2.44. The second kappa shape index (κ2) is 8.30. The number of carbonyl (C=O) groups is 1. The van der Waals surface area contributed by atoms with Crippen LogP contribution in [0.15, 0.2) is 51.1 Å². The fraction of sp³-hybridized carbons (Fsp3) is 0.250. The molecule has 154 valence electrons. The molecule has 0 unspecified atom stereocenters. The van der Waals surface area contributed by atoms with Crippen LogP contribution in [0.2, 0.25) is 5.02 Å². The highest BCUT2D eigenvalue weighted by molar-refractivity contribution is 7.99. The predicted octanol–water partition coefficient (Wildman–Crippen LogP) is 4.64. The van der Waals surface area contributed by atoms with Crippen molar-refractivity contribution >= 4 is 50.1 Å². The van der Waals surface area contributed by atoms with Crippen LogP contribution in [-0.2, 0) is 21.2 Å². The smallest absolute Gasteiger partial charge is 0.323 e. The van der Waals surface area contributed by atoms with Gasteiger partial charge in [0.2, 0.25) is 0 Å². The van der Waals surface area contributed by atoms with Crippen molar-refractivity contribution in [1.29, 1.82) is 0 Å². The van der Waals surface area contributed by atoms with Gasteiger partial charge in [-0.1, -0.05) is 30.3 Å². The molecule has 0 saturated carbocycles. The molecule has 2 aromatic carbocycles. The molecule has 0 bridgehead atoms. The Morgan fingerprint density at radius 2 is 1.86 bits per heavy atom. The van der Waals surface area contributed by atoms with Gasteiger partial charge in [-0.15, -0.1) is 0 Å². The molecule has 0 atom stereocenters. The summed E-state index contributed by atoms with van der Waals surface area (Å²) < 4.78 is 32.7. The number of methoxy groups -OCH3 is 1. The summed E-state index contributed by atoms with van der Waals surface area (Å²) >= 11 is 7.34. The van der Waals surface area contributed by atoms with E-state index in [0.29, 0.717) is 32.3 Å². The van der Waals surface area contributed by atoms with Crippen molar-refractivity contribution in [3.8, 4) is 5.75 Å². The number of ether oxygens (including phenoxy) is 1. The minimum Gasteiger partial charge on any atom is -0.495 e. The monoisotopic (exact) mass is 453 g/mol. The van der Waals surface area contributed by atoms with E-state index < -0.39 is 15.8 Å². The van der Waals surface area contributed by atoms with Gasteiger partial charge in [0, 0.05) is 25.9 Å². The number of aliphatic carboxylic acids is 1. The summed E-state index contributed by atoms with van der Waals surface area (Å²) in [7, 11) is -2.08. The Kier molecular flexibility index (Phi) is 6.16. The maximum absolute atomic E-state index is 12.8. The van der Waals surface area contributed by atoms with E-state index in [-0.39, 0.29) is 17.2 Å². The SMILES string of the molecule is CCS(=O)(=O)c1ccc(OC)c2c1c(Sc1ccc(Cl)cc1)c(C)n2CC(=O)O. The van der Waals surface area contributed by atoms with Crippen molar-refractivity contribution in [1.82, 2.24) is 4.57 Å². The number of fused-ring (bicyclic) bond motifs is 1. The Balaban J connectivity index is 2.40. The topological polar surface area (TPSA) is 85.6 Å². The van der Waals surface area contributed by atoms with Gasteiger partial charge in [0.1, 0.15) is 12.3 Å². The first kappa shape index (κ1) is 21.5. The second-order valence-electron chi connectivity index (χ2n) is 6.34. The third kappa shape index (κ3) is 4.10. The number of hydrogen-bond donors (Lipinski definition) is 1. The number of halogens is 1. The molecular weight excluding hydrogens is 434 g/mol. The van der Waals surface area contributed by atoms with Crippen LogP contribution in [0.3, 0.4) is 0 Å². The number of sulfone groups is 1. The van der Waals surface area contributed by atoms with Gasteiger partial charge in [0.05, 0.1) is 23.3 Å². The Morgan fingerprint density at radius 3 is 2.41 bits per heavy atom. The Morgan fingerprint density at radius 1 is 1.21 bits per heavy atom. The van der Waals surface area contributed by atoms with E-state index in [0.717, 1.165) is 4.90 Å². The van der Waals surface area contributed by atoms with Gasteiger partial charge in [-0.2, -0.15) is 0 Å². The standard InChI is InChI=1S/C20H20ClNO5S2/c1-4-29(25,26)16-10-9-15(27-3)19-18(16)20(12(2)22(19)11-17(23)24)28-14-7-5-13(21)6-8-14/h5-10H,4,11H2,1-3H3,(H,23,24). The molecule has 0 saturated heterocycles. The molecule has 0 amide bonds. The molecule has 1 heterocycles. The van der Waals surface area contributed by atoms with Gasteiger partial charge in [-0.3, -0.25) is 4.79 Å². The molecule has 9 heteroatoms. The average Bonchev–Trinajstić information content (AvgIpc) is 2.95. The van der Waals surface area contributed by atoms with E-state index in [9.17, 15) is 18.3 Å². The van der Waals surface area contributed by atoms with E-state index in [4.69, 9.17) is 16.3 Å². The molecule has 6 nitrogen and oxygen atoms in total. The molecule has 0 aliphatic heterocycles.